The molecule has 0 bridgehead atoms. The van der Waals surface area contributed by atoms with Crippen LogP contribution in [0.3, 0.4) is 0 Å². The summed E-state index contributed by atoms with van der Waals surface area (Å²) in [5.74, 6) is -5.44. The number of rotatable bonds is 2. The molecule has 404 valence electrons. The molecule has 0 fully saturated rings. The van der Waals surface area contributed by atoms with Crippen LogP contribution in [-0.2, 0) is 0 Å². The lowest BCUT2D eigenvalue weighted by atomic mass is 9.94. The van der Waals surface area contributed by atoms with Gasteiger partial charge in [-0.25, -0.2) is 0 Å². The highest BCUT2D eigenvalue weighted by Gasteiger charge is 2.04. The van der Waals surface area contributed by atoms with Crippen molar-refractivity contribution in [1.29, 1.82) is 0 Å². The summed E-state index contributed by atoms with van der Waals surface area (Å²) in [4.78, 5) is 0. The van der Waals surface area contributed by atoms with Crippen LogP contribution in [0.2, 0.25) is 0 Å². The Morgan fingerprint density at radius 1 is 0.361 bits per heavy atom. The molecule has 0 radical (unpaired) electrons. The monoisotopic (exact) mass is 1020 g/mol. The van der Waals surface area contributed by atoms with Crippen LogP contribution in [0.1, 0.15) is 249 Å². The van der Waals surface area contributed by atoms with Gasteiger partial charge in [-0.3, -0.25) is 0 Å². The van der Waals surface area contributed by atoms with E-state index in [1.807, 2.05) is 18.2 Å². The van der Waals surface area contributed by atoms with Gasteiger partial charge in [-0.1, -0.05) is 289 Å². The number of hydrogen-bond donors (Lipinski definition) is 0. The molecule has 0 N–H and O–H groups in total. The largest absolute Gasteiger partial charge is 0.0651 e. The van der Waals surface area contributed by atoms with E-state index in [0.29, 0.717) is 6.92 Å². The fraction of sp³-hybridized carbons (Fsp3) is 0.500. The number of benzene rings is 6. The minimum atomic E-state index is -3.48. The van der Waals surface area contributed by atoms with Crippen molar-refractivity contribution < 1.29 is 49.3 Å². The zero-order valence-corrected chi connectivity index (χ0v) is 47.1. The average Bonchev–Trinajstić information content (AvgIpc) is 0.696. The van der Waals surface area contributed by atoms with Gasteiger partial charge in [0.05, 0.1) is 0 Å². The van der Waals surface area contributed by atoms with Gasteiger partial charge < -0.3 is 0 Å². The molecule has 0 aromatic heterocycles. The molecule has 0 aliphatic heterocycles. The first-order valence-corrected chi connectivity index (χ1v) is 23.9. The van der Waals surface area contributed by atoms with Crippen molar-refractivity contribution in [2.24, 2.45) is 22.6 Å². The van der Waals surface area contributed by atoms with Crippen molar-refractivity contribution in [3.8, 4) is 0 Å². The molecule has 0 saturated heterocycles. The highest BCUT2D eigenvalue weighted by atomic mass is 14.1. The SMILES string of the molecule is Cc1cc(C)c(C)c(C)c1.Cc1ccc(C)cc1.Cc1cccc(C)c1.Cc1cccc(C)c1C.Cc1ccccc1.Cc1ccccc1C.[2H]C([2H])([2H])C(C([2H])([2H])[2H])(C([2H])([2H])[2H])C([2H])([2H])C.[2H]C([2H])([2H])C(CC)(C([2H])([2H])[2H])C([2H])([2H])[2H].[2H]C([2H])([2H])C([2H])(C([2H])([2H])[2H])C([2H])([2H])C.[2H]C([2H])([2H])C([2H])(CC)C([2H])([2H])[2H]. The summed E-state index contributed by atoms with van der Waals surface area (Å²) >= 11 is 0. The van der Waals surface area contributed by atoms with Gasteiger partial charge in [0.25, 0.3) is 0 Å². The highest BCUT2D eigenvalue weighted by Crippen LogP contribution is 2.17. The Balaban J connectivity index is -0.000000562. The van der Waals surface area contributed by atoms with Gasteiger partial charge in [-0.2, -0.15) is 0 Å². The zero-order valence-electron chi connectivity index (χ0n) is 83.1. The van der Waals surface area contributed by atoms with E-state index in [1.54, 1.807) is 0 Å². The van der Waals surface area contributed by atoms with Crippen molar-refractivity contribution in [3.63, 3.8) is 0 Å². The number of aryl methyl sites for hydroxylation is 12. The minimum absolute atomic E-state index is 0.208. The molecule has 0 spiro atoms. The second kappa shape index (κ2) is 42.8. The van der Waals surface area contributed by atoms with Gasteiger partial charge in [0, 0.05) is 49.3 Å². The molecule has 0 nitrogen and oxygen atoms in total. The van der Waals surface area contributed by atoms with E-state index >= 15 is 0 Å². The summed E-state index contributed by atoms with van der Waals surface area (Å²) in [6.45, 7) is 2.42. The van der Waals surface area contributed by atoms with E-state index in [4.69, 9.17) is 49.3 Å². The van der Waals surface area contributed by atoms with Crippen LogP contribution in [0.4, 0.5) is 0 Å². The maximum Gasteiger partial charge on any atom is 0.0297 e. The van der Waals surface area contributed by atoms with Crippen LogP contribution in [0.5, 0.6) is 0 Å². The molecule has 0 amide bonds. The molecular formula is C72H116. The molecule has 6 aromatic carbocycles. The van der Waals surface area contributed by atoms with Crippen LogP contribution in [0.25, 0.3) is 0 Å². The molecule has 0 unspecified atom stereocenters. The van der Waals surface area contributed by atoms with Crippen LogP contribution >= 0.6 is 0 Å². The molecule has 6 aromatic rings. The lowest BCUT2D eigenvalue weighted by Gasteiger charge is -2.12. The van der Waals surface area contributed by atoms with Gasteiger partial charge in [0.15, 0.2) is 0 Å². The summed E-state index contributed by atoms with van der Waals surface area (Å²) in [5, 5.41) is 0. The van der Waals surface area contributed by atoms with Gasteiger partial charge in [0.2, 0.25) is 0 Å². The molecule has 0 aliphatic rings. The van der Waals surface area contributed by atoms with Crippen molar-refractivity contribution in [3.05, 3.63) is 211 Å². The molecule has 72 heavy (non-hydrogen) atoms. The summed E-state index contributed by atoms with van der Waals surface area (Å²) < 4.78 is 256. The third-order valence-electron chi connectivity index (χ3n) is 10.2. The quantitative estimate of drug-likeness (QED) is 0.162. The maximum atomic E-state index is 7.39. The third-order valence-corrected chi connectivity index (χ3v) is 10.2. The first-order chi connectivity index (χ1) is 47.7. The average molecular weight is 1020 g/mol. The van der Waals surface area contributed by atoms with Crippen molar-refractivity contribution in [1.82, 2.24) is 0 Å². The molecule has 0 heterocycles. The molecule has 6 rings (SSSR count). The molecule has 0 atom stereocenters. The second-order valence-corrected chi connectivity index (χ2v) is 17.3. The maximum absolute atomic E-state index is 7.39. The predicted octanol–water partition coefficient (Wildman–Crippen LogP) is 23.4. The van der Waals surface area contributed by atoms with Gasteiger partial charge in [-0.05, 0) is 164 Å². The predicted molar refractivity (Wildman–Crippen MR) is 335 cm³/mol. The summed E-state index contributed by atoms with van der Waals surface area (Å²) in [7, 11) is 0. The van der Waals surface area contributed by atoms with Crippen LogP contribution < -0.4 is 0 Å². The van der Waals surface area contributed by atoms with Crippen molar-refractivity contribution in [2.45, 2.75) is 219 Å². The van der Waals surface area contributed by atoms with Crippen molar-refractivity contribution in [2.75, 3.05) is 0 Å². The molecular weight excluding hydrogens is 865 g/mol. The van der Waals surface area contributed by atoms with Crippen molar-refractivity contribution >= 4 is 0 Å². The lowest BCUT2D eigenvalue weighted by Crippen LogP contribution is -2.00. The number of hydrogen-bond acceptors (Lipinski definition) is 0. The van der Waals surface area contributed by atoms with E-state index in [1.165, 1.54) is 91.7 Å². The van der Waals surface area contributed by atoms with E-state index in [-0.39, 0.29) is 6.42 Å². The summed E-state index contributed by atoms with van der Waals surface area (Å²) in [5.41, 5.74) is 13.1. The van der Waals surface area contributed by atoms with E-state index in [9.17, 15) is 0 Å². The van der Waals surface area contributed by atoms with Gasteiger partial charge in [-0.15, -0.1) is 0 Å². The molecule has 0 heteroatoms. The van der Waals surface area contributed by atoms with E-state index < -0.39 is 110 Å². The smallest absolute Gasteiger partial charge is 0.0297 e. The normalized spacial score (nSPS) is 19.7. The minimum Gasteiger partial charge on any atom is -0.0651 e. The first kappa shape index (κ1) is 30.0. The van der Waals surface area contributed by atoms with Gasteiger partial charge >= 0.3 is 0 Å². The zero-order chi connectivity index (χ0) is 87.1. The Kier molecular flexibility index (Phi) is 17.8. The summed E-state index contributed by atoms with van der Waals surface area (Å²) in [6.07, 6.45) is -6.21. The van der Waals surface area contributed by atoms with E-state index in [2.05, 4.69) is 212 Å². The van der Waals surface area contributed by atoms with Crippen LogP contribution in [0.15, 0.2) is 133 Å². The Labute approximate surface area is 501 Å². The Morgan fingerprint density at radius 3 is 0.917 bits per heavy atom. The van der Waals surface area contributed by atoms with Gasteiger partial charge in [0.1, 0.15) is 0 Å². The molecule has 0 aliphatic carbocycles. The van der Waals surface area contributed by atoms with Crippen LogP contribution in [0, 0.1) is 120 Å². The fourth-order valence-electron chi connectivity index (χ4n) is 4.79. The standard InChI is InChI=1S/C10H14.C9H12.3C8H10.C7H8.2C6H14.2C5H12/c1-7-5-8(2)10(4)9(3)6-7;1-7-5-4-6-8(2)9(7)3;1-7-3-5-8(2)6-4-7;1-7-4-3-5-8(2)6-7;1-7-5-3-4-6-8(7)2;1-7-5-3-2-4-6-7;2*1-5-6(2,3)4;2*1-4-5(2)3/h5-6H,1-4H3;4-6H,1-3H3;3*3-6H,1-2H3;2-6H,1H3;2*5H2,1-4H3;2*5H,4H2,1-3H3/i;;;;;;2D3,3D3,4D3,5D2;2D3,3D3,4D3;2D3,3D3,4D2,5D;2D3,3D3,5D. The highest BCUT2D eigenvalue weighted by molar-refractivity contribution is 5.36. The van der Waals surface area contributed by atoms with E-state index in [0.717, 1.165) is 6.92 Å². The topological polar surface area (TPSA) is 0 Å². The Bertz CT molecular complexity index is 3290. The fourth-order valence-corrected chi connectivity index (χ4v) is 4.79. The third kappa shape index (κ3) is 48.9. The van der Waals surface area contributed by atoms with Crippen LogP contribution in [-0.4, -0.2) is 0 Å². The summed E-state index contributed by atoms with van der Waals surface area (Å²) in [6, 6.07) is 46.4. The Morgan fingerprint density at radius 2 is 0.708 bits per heavy atom. The molecule has 0 saturated carbocycles. The Hall–Kier alpha value is -4.68. The lowest BCUT2D eigenvalue weighted by molar-refractivity contribution is 0.397. The first-order valence-electron chi connectivity index (χ1n) is 41.9. The second-order valence-electron chi connectivity index (χ2n) is 17.3.